The highest BCUT2D eigenvalue weighted by atomic mass is 32.2. The molecule has 0 saturated carbocycles. The monoisotopic (exact) mass is 148 g/mol. The van der Waals surface area contributed by atoms with Crippen LogP contribution >= 0.6 is 24.4 Å². The highest BCUT2D eigenvalue weighted by Gasteiger charge is 2.06. The summed E-state index contributed by atoms with van der Waals surface area (Å²) in [4.78, 5) is 2.31. The standard InChI is InChI=1S/C5H10NS2/c7-5-6-1-3-8-4-2-6/h1-5H2. The molecule has 0 unspecified atom stereocenters. The summed E-state index contributed by atoms with van der Waals surface area (Å²) >= 11 is 6.91. The zero-order valence-corrected chi connectivity index (χ0v) is 6.43. The van der Waals surface area contributed by atoms with Gasteiger partial charge in [0.15, 0.2) is 0 Å². The van der Waals surface area contributed by atoms with Crippen LogP contribution in [0.25, 0.3) is 0 Å². The van der Waals surface area contributed by atoms with Crippen LogP contribution in [0, 0.1) is 0 Å². The molecule has 47 valence electrons. The van der Waals surface area contributed by atoms with Crippen molar-refractivity contribution in [3.63, 3.8) is 0 Å². The molecule has 0 bridgehead atoms. The van der Waals surface area contributed by atoms with Crippen molar-refractivity contribution in [2.45, 2.75) is 0 Å². The van der Waals surface area contributed by atoms with E-state index >= 15 is 0 Å². The Morgan fingerprint density at radius 3 is 2.38 bits per heavy atom. The van der Waals surface area contributed by atoms with Crippen molar-refractivity contribution in [3.05, 3.63) is 0 Å². The van der Waals surface area contributed by atoms with E-state index in [1.54, 1.807) is 0 Å². The Balaban J connectivity index is 2.13. The van der Waals surface area contributed by atoms with Gasteiger partial charge in [-0.15, -0.1) is 0 Å². The maximum absolute atomic E-state index is 4.89. The smallest absolute Gasteiger partial charge is 0.0549 e. The molecule has 1 heterocycles. The van der Waals surface area contributed by atoms with Gasteiger partial charge in [0, 0.05) is 24.6 Å². The van der Waals surface area contributed by atoms with Crippen LogP contribution in [0.4, 0.5) is 0 Å². The lowest BCUT2D eigenvalue weighted by Gasteiger charge is -2.23. The topological polar surface area (TPSA) is 3.24 Å². The fourth-order valence-corrected chi connectivity index (χ4v) is 1.97. The van der Waals surface area contributed by atoms with Gasteiger partial charge in [0.05, 0.1) is 5.88 Å². The van der Waals surface area contributed by atoms with E-state index in [4.69, 9.17) is 12.6 Å². The minimum absolute atomic E-state index is 0.820. The first-order valence-electron chi connectivity index (χ1n) is 2.81. The molecule has 1 rings (SSSR count). The van der Waals surface area contributed by atoms with Crippen molar-refractivity contribution in [1.82, 2.24) is 4.90 Å². The molecule has 3 heteroatoms. The molecule has 8 heavy (non-hydrogen) atoms. The van der Waals surface area contributed by atoms with Crippen LogP contribution in [-0.2, 0) is 0 Å². The van der Waals surface area contributed by atoms with Crippen LogP contribution in [0.3, 0.4) is 0 Å². The summed E-state index contributed by atoms with van der Waals surface area (Å²) in [7, 11) is 0. The molecule has 0 atom stereocenters. The first kappa shape index (κ1) is 6.78. The molecule has 1 aliphatic heterocycles. The van der Waals surface area contributed by atoms with Gasteiger partial charge in [0.1, 0.15) is 0 Å². The summed E-state index contributed by atoms with van der Waals surface area (Å²) in [5, 5.41) is 0. The third-order valence-electron chi connectivity index (χ3n) is 1.29. The first-order chi connectivity index (χ1) is 3.93. The van der Waals surface area contributed by atoms with E-state index in [0.29, 0.717) is 0 Å². The molecule has 0 N–H and O–H groups in total. The molecule has 1 radical (unpaired) electrons. The fraction of sp³-hybridized carbons (Fsp3) is 1.00. The summed E-state index contributed by atoms with van der Waals surface area (Å²) in [6.45, 7) is 2.41. The molecule has 0 spiro atoms. The average Bonchev–Trinajstić information content (AvgIpc) is 1.90. The highest BCUT2D eigenvalue weighted by Crippen LogP contribution is 2.08. The fourth-order valence-electron chi connectivity index (χ4n) is 0.730. The van der Waals surface area contributed by atoms with E-state index < -0.39 is 0 Å². The summed E-state index contributed by atoms with van der Waals surface area (Å²) in [6.07, 6.45) is 0. The van der Waals surface area contributed by atoms with E-state index in [9.17, 15) is 0 Å². The van der Waals surface area contributed by atoms with Gasteiger partial charge in [-0.05, 0) is 0 Å². The molecule has 0 aromatic rings. The normalized spacial score (nSPS) is 23.6. The van der Waals surface area contributed by atoms with Gasteiger partial charge >= 0.3 is 0 Å². The second kappa shape index (κ2) is 3.64. The van der Waals surface area contributed by atoms with E-state index in [1.165, 1.54) is 24.6 Å². The summed E-state index contributed by atoms with van der Waals surface area (Å²) < 4.78 is 0. The van der Waals surface area contributed by atoms with Crippen molar-refractivity contribution in [1.29, 1.82) is 0 Å². The SMILES string of the molecule is [S]CN1CCSCC1. The Kier molecular flexibility index (Phi) is 3.08. The first-order valence-corrected chi connectivity index (χ1v) is 4.55. The molecule has 1 fully saturated rings. The van der Waals surface area contributed by atoms with Crippen LogP contribution < -0.4 is 0 Å². The van der Waals surface area contributed by atoms with Gasteiger partial charge in [-0.2, -0.15) is 11.8 Å². The number of rotatable bonds is 1. The van der Waals surface area contributed by atoms with Crippen LogP contribution in [-0.4, -0.2) is 35.4 Å². The molecular formula is C5H10NS2. The largest absolute Gasteiger partial charge is 0.292 e. The molecule has 0 aromatic heterocycles. The van der Waals surface area contributed by atoms with E-state index in [-0.39, 0.29) is 0 Å². The Morgan fingerprint density at radius 2 is 2.00 bits per heavy atom. The minimum Gasteiger partial charge on any atom is -0.292 e. The highest BCUT2D eigenvalue weighted by molar-refractivity contribution is 7.99. The second-order valence-corrected chi connectivity index (χ2v) is 3.34. The molecule has 0 aromatic carbocycles. The van der Waals surface area contributed by atoms with Crippen molar-refractivity contribution in [3.8, 4) is 0 Å². The summed E-state index contributed by atoms with van der Waals surface area (Å²) in [5.74, 6) is 3.37. The van der Waals surface area contributed by atoms with Crippen LogP contribution in [0.15, 0.2) is 0 Å². The van der Waals surface area contributed by atoms with Crippen molar-refractivity contribution in [2.75, 3.05) is 30.5 Å². The molecule has 0 amide bonds. The number of thioether (sulfide) groups is 1. The molecular weight excluding hydrogens is 138 g/mol. The lowest BCUT2D eigenvalue weighted by atomic mass is 10.6. The third-order valence-corrected chi connectivity index (χ3v) is 2.59. The van der Waals surface area contributed by atoms with Crippen molar-refractivity contribution < 1.29 is 0 Å². The number of nitrogens with zero attached hydrogens (tertiary/aromatic N) is 1. The second-order valence-electron chi connectivity index (χ2n) is 1.86. The predicted molar refractivity (Wildman–Crippen MR) is 41.4 cm³/mol. The maximum atomic E-state index is 4.89. The van der Waals surface area contributed by atoms with Gasteiger partial charge in [-0.25, -0.2) is 0 Å². The van der Waals surface area contributed by atoms with Gasteiger partial charge in [0.25, 0.3) is 0 Å². The van der Waals surface area contributed by atoms with Crippen LogP contribution in [0.1, 0.15) is 0 Å². The molecule has 1 nitrogen and oxygen atoms in total. The van der Waals surface area contributed by atoms with Gasteiger partial charge < -0.3 is 0 Å². The quantitative estimate of drug-likeness (QED) is 0.549. The maximum Gasteiger partial charge on any atom is 0.0549 e. The Morgan fingerprint density at radius 1 is 1.38 bits per heavy atom. The Hall–Kier alpha value is 0.660. The number of hydrogen-bond acceptors (Lipinski definition) is 2. The summed E-state index contributed by atoms with van der Waals surface area (Å²) in [6, 6.07) is 0. The molecule has 1 saturated heterocycles. The zero-order chi connectivity index (χ0) is 5.82. The van der Waals surface area contributed by atoms with Crippen molar-refractivity contribution >= 4 is 24.4 Å². The van der Waals surface area contributed by atoms with Gasteiger partial charge in [0.2, 0.25) is 0 Å². The Bertz CT molecular complexity index is 61.4. The van der Waals surface area contributed by atoms with E-state index in [2.05, 4.69) is 4.90 Å². The van der Waals surface area contributed by atoms with Crippen LogP contribution in [0.2, 0.25) is 0 Å². The molecule has 1 aliphatic rings. The minimum atomic E-state index is 0.820. The van der Waals surface area contributed by atoms with E-state index in [0.717, 1.165) is 5.88 Å². The third kappa shape index (κ3) is 1.88. The number of hydrogen-bond donors (Lipinski definition) is 0. The molecule has 0 aliphatic carbocycles. The zero-order valence-electron chi connectivity index (χ0n) is 4.80. The van der Waals surface area contributed by atoms with Gasteiger partial charge in [-0.1, -0.05) is 12.6 Å². The predicted octanol–water partition coefficient (Wildman–Crippen LogP) is 1.19. The van der Waals surface area contributed by atoms with Crippen LogP contribution in [0.5, 0.6) is 0 Å². The van der Waals surface area contributed by atoms with Gasteiger partial charge in [-0.3, -0.25) is 4.90 Å². The van der Waals surface area contributed by atoms with E-state index in [1.807, 2.05) is 11.8 Å². The summed E-state index contributed by atoms with van der Waals surface area (Å²) in [5.41, 5.74) is 0. The average molecular weight is 148 g/mol. The van der Waals surface area contributed by atoms with Crippen molar-refractivity contribution in [2.24, 2.45) is 0 Å². The lowest BCUT2D eigenvalue weighted by molar-refractivity contribution is 0.358. The lowest BCUT2D eigenvalue weighted by Crippen LogP contribution is -2.31. The Labute approximate surface area is 60.2 Å².